The molecule has 142 heavy (non-hydrogen) atoms. The molecule has 12 fully saturated rings. The second kappa shape index (κ2) is 46.6. The first-order chi connectivity index (χ1) is 68.0. The van der Waals surface area contributed by atoms with Gasteiger partial charge in [-0.05, 0) is 121 Å². The van der Waals surface area contributed by atoms with Gasteiger partial charge in [-0.1, -0.05) is 0 Å². The molecule has 51 nitrogen and oxygen atoms in total. The van der Waals surface area contributed by atoms with Crippen LogP contribution in [0.3, 0.4) is 0 Å². The van der Waals surface area contributed by atoms with Gasteiger partial charge in [0.15, 0.2) is 17.3 Å². The molecule has 0 radical (unpaired) electrons. The van der Waals surface area contributed by atoms with Gasteiger partial charge in [0.2, 0.25) is 112 Å². The molecule has 14 rings (SSSR count). The van der Waals surface area contributed by atoms with Crippen LogP contribution in [-0.2, 0) is 105 Å². The highest BCUT2D eigenvalue weighted by atomic mass is 16.3. The number of amides is 21. The molecule has 0 bridgehead atoms. The summed E-state index contributed by atoms with van der Waals surface area (Å²) in [7, 11) is 0. The summed E-state index contributed by atoms with van der Waals surface area (Å²) in [6, 6.07) is -7.23. The van der Waals surface area contributed by atoms with Crippen LogP contribution >= 0.6 is 0 Å². The quantitative estimate of drug-likeness (QED) is 0.0285. The molecule has 14 heterocycles. The lowest BCUT2D eigenvalue weighted by Gasteiger charge is -2.32. The minimum Gasteiger partial charge on any atom is -0.391 e. The molecule has 766 valence electrons. The highest BCUT2D eigenvalue weighted by Gasteiger charge is 2.53. The first kappa shape index (κ1) is 104. The van der Waals surface area contributed by atoms with E-state index in [-0.39, 0.29) is 172 Å². The molecule has 2 aromatic rings. The van der Waals surface area contributed by atoms with Crippen molar-refractivity contribution in [1.29, 1.82) is 0 Å². The summed E-state index contributed by atoms with van der Waals surface area (Å²) in [4.78, 5) is 344. The van der Waals surface area contributed by atoms with Crippen LogP contribution in [0.2, 0.25) is 0 Å². The predicted molar refractivity (Wildman–Crippen MR) is 485 cm³/mol. The van der Waals surface area contributed by atoms with E-state index in [0.29, 0.717) is 56.5 Å². The lowest BCUT2D eigenvalue weighted by molar-refractivity contribution is -0.148. The number of aliphatic hydroxyl groups excluding tert-OH is 3. The van der Waals surface area contributed by atoms with Gasteiger partial charge in [-0.2, -0.15) is 0 Å². The smallest absolute Gasteiger partial charge is 0.252 e. The Hall–Kier alpha value is -14.0. The summed E-state index contributed by atoms with van der Waals surface area (Å²) in [5, 5.41) is 57.9. The Morgan fingerprint density at radius 2 is 0.641 bits per heavy atom. The first-order valence-corrected chi connectivity index (χ1v) is 48.3. The van der Waals surface area contributed by atoms with Crippen LogP contribution < -0.4 is 58.9 Å². The largest absolute Gasteiger partial charge is 0.391 e. The van der Waals surface area contributed by atoms with Crippen molar-refractivity contribution in [1.82, 2.24) is 117 Å². The number of pyridine rings is 2. The van der Waals surface area contributed by atoms with E-state index >= 15 is 0 Å². The van der Waals surface area contributed by atoms with Crippen molar-refractivity contribution in [3.05, 3.63) is 47.8 Å². The van der Waals surface area contributed by atoms with E-state index in [0.717, 1.165) is 30.9 Å². The molecule has 0 saturated carbocycles. The maximum Gasteiger partial charge on any atom is 0.252 e. The Balaban J connectivity index is 0.455. The molecule has 12 aliphatic rings. The summed E-state index contributed by atoms with van der Waals surface area (Å²) in [6.45, 7) is -3.89. The maximum absolute atomic E-state index is 14.2. The van der Waals surface area contributed by atoms with Crippen molar-refractivity contribution in [2.24, 2.45) is 5.73 Å². The number of β-amino-alcohol motifs (C(OH)–C–C–N with tert-alkyl or cyclic N) is 3. The van der Waals surface area contributed by atoms with E-state index in [4.69, 9.17) is 5.73 Å². The van der Waals surface area contributed by atoms with Crippen molar-refractivity contribution in [3.8, 4) is 11.4 Å². The van der Waals surface area contributed by atoms with E-state index in [1.165, 1.54) is 53.9 Å². The fourth-order valence-electron chi connectivity index (χ4n) is 20.9. The van der Waals surface area contributed by atoms with Crippen molar-refractivity contribution < 1.29 is 130 Å². The van der Waals surface area contributed by atoms with Gasteiger partial charge < -0.3 is 128 Å². The van der Waals surface area contributed by atoms with Gasteiger partial charge in [-0.25, -0.2) is 0 Å². The summed E-state index contributed by atoms with van der Waals surface area (Å²) in [5.74, 6) is -15.2. The SMILES string of the molecule is NC(=O)CNC(=O)[C@@H]1CC(=O)CN1C(=O)[C@@H]1CCCN1C(=O)CNC(=O)[C@@H]1CC(=O)CN1C(=O)[C@@H]1CCCN1C(=O)CNC(=O)[C@@H]1CC(=O)CN1C(=O)[C@@H]1CCCN1C(=O)CCCNC(=O)c1ccc(-c2ccc(C(=O)NCCCNC(=O)CNC(=O)[C@@H]3CC(O)CN3C(=O)[C@@H]3CCCN3C(=O)CNC(=O)[C@@H]3CC(O)CN3C(=O)[C@@H]3CCCN3C(=O)CNC(=O)[C@@H]3CC(O)CN3C(=O)[C@@H]3CCCN3)cn2)nc1. The maximum atomic E-state index is 14.2. The Kier molecular flexibility index (Phi) is 34.1. The van der Waals surface area contributed by atoms with Crippen molar-refractivity contribution in [2.75, 3.05) is 137 Å². The number of hydrogen-bond acceptors (Lipinski definition) is 30. The topological polar surface area (TPSA) is 678 Å². The van der Waals surface area contributed by atoms with Gasteiger partial charge in [-0.15, -0.1) is 0 Å². The van der Waals surface area contributed by atoms with Crippen LogP contribution in [0.1, 0.15) is 156 Å². The van der Waals surface area contributed by atoms with Crippen LogP contribution in [0.15, 0.2) is 36.7 Å². The number of Topliss-reactive ketones (excluding diaryl/α,β-unsaturated/α-hetero) is 3. The lowest BCUT2D eigenvalue weighted by Crippen LogP contribution is -2.56. The normalized spacial score (nSPS) is 25.8. The number of nitrogens with zero attached hydrogens (tertiary/aromatic N) is 13. The Labute approximate surface area is 813 Å². The molecule has 12 aliphatic heterocycles. The minimum absolute atomic E-state index is 0.0142. The third-order valence-corrected chi connectivity index (χ3v) is 28.1. The molecular formula is C91H120N24O27. The predicted octanol–water partition coefficient (Wildman–Crippen LogP) is -10.8. The number of rotatable bonds is 35. The molecule has 0 aliphatic carbocycles. The van der Waals surface area contributed by atoms with Crippen LogP contribution in [0.4, 0.5) is 0 Å². The number of ketones is 3. The second-order valence-electron chi connectivity index (χ2n) is 37.7. The Bertz CT molecular complexity index is 5290. The zero-order valence-corrected chi connectivity index (χ0v) is 78.4. The van der Waals surface area contributed by atoms with Crippen molar-refractivity contribution >= 4 is 141 Å². The first-order valence-electron chi connectivity index (χ1n) is 48.3. The summed E-state index contributed by atoms with van der Waals surface area (Å²) in [6.07, 6.45) is 2.52. The lowest BCUT2D eigenvalue weighted by atomic mass is 10.1. The highest BCUT2D eigenvalue weighted by molar-refractivity contribution is 6.06. The van der Waals surface area contributed by atoms with Gasteiger partial charge in [0, 0.05) is 129 Å². The second-order valence-corrected chi connectivity index (χ2v) is 37.7. The van der Waals surface area contributed by atoms with Gasteiger partial charge in [0.25, 0.3) is 11.8 Å². The molecule has 0 spiro atoms. The van der Waals surface area contributed by atoms with E-state index in [2.05, 4.69) is 63.1 Å². The van der Waals surface area contributed by atoms with Gasteiger partial charge >= 0.3 is 0 Å². The fourth-order valence-corrected chi connectivity index (χ4v) is 20.9. The molecule has 0 aromatic carbocycles. The third-order valence-electron chi connectivity index (χ3n) is 28.1. The van der Waals surface area contributed by atoms with Crippen molar-refractivity contribution in [3.63, 3.8) is 0 Å². The average Bonchev–Trinajstić information content (AvgIpc) is 1.65. The molecule has 51 heteroatoms. The van der Waals surface area contributed by atoms with Crippen LogP contribution in [0.25, 0.3) is 11.4 Å². The minimum atomic E-state index is -1.38. The molecule has 3 unspecified atom stereocenters. The number of carbonyl (C=O) groups is 24. The summed E-state index contributed by atoms with van der Waals surface area (Å²) in [5.41, 5.74) is 6.22. The third kappa shape index (κ3) is 24.4. The number of primary amides is 1. The molecule has 15 N–H and O–H groups in total. The van der Waals surface area contributed by atoms with Crippen LogP contribution in [-0.4, -0.2) is 449 Å². The van der Waals surface area contributed by atoms with Crippen LogP contribution in [0, 0.1) is 0 Å². The fraction of sp³-hybridized carbons (Fsp3) is 0.626. The number of aromatic nitrogens is 2. The molecule has 15 atom stereocenters. The molecular weight excluding hydrogens is 1860 g/mol. The average molecular weight is 1980 g/mol. The van der Waals surface area contributed by atoms with E-state index < -0.39 is 292 Å². The van der Waals surface area contributed by atoms with Gasteiger partial charge in [-0.3, -0.25) is 125 Å². The molecule has 12 saturated heterocycles. The zero-order chi connectivity index (χ0) is 102. The number of nitrogens with one attached hydrogen (secondary N) is 10. The molecule has 21 amide bonds. The number of carbonyl (C=O) groups excluding carboxylic acids is 24. The number of hydrogen-bond donors (Lipinski definition) is 14. The van der Waals surface area contributed by atoms with Gasteiger partial charge in [0.05, 0.1) is 106 Å². The number of nitrogens with two attached hydrogens (primary N) is 1. The monoisotopic (exact) mass is 1980 g/mol. The van der Waals surface area contributed by atoms with Crippen molar-refractivity contribution in [2.45, 2.75) is 226 Å². The highest BCUT2D eigenvalue weighted by Crippen LogP contribution is 2.33. The Morgan fingerprint density at radius 1 is 0.331 bits per heavy atom. The van der Waals surface area contributed by atoms with E-state index in [9.17, 15) is 130 Å². The summed E-state index contributed by atoms with van der Waals surface area (Å²) >= 11 is 0. The number of likely N-dealkylation sites (tertiary alicyclic amines) is 11. The standard InChI is InChI=1S/C91H120N24O27/c92-71(122)37-99-80(131)66-30-52(117)44-111(66)88(139)61-11-4-25-106(61)75(126)41-103-84(135)70-34-56(121)48-115(70)91(142)64-14-7-28-109(64)77(128)40-102-83(134)68-32-54(119)46-113(68)87(138)60-10-3-24-105(60)73(124)15-2-21-95-78(129)49-16-18-57(97-35-49)58-19-17-50(36-98-58)79(130)96-23-8-22-94-72(123)38-100-81(132)67-31-53(118)45-112(67)89(140)62-12-5-26-107(62)76(127)42-104-85(136)69-33-55(120)47-114(69)90(141)63-13-6-27-108(63)74(125)39-101-82(133)65-29-51(116)43-110(65)86(137)59-9-1-20-93-59/h16-19,35-36,51,53,55,59-70,93,116,118,120H,1-15,20-34,37-48H2,(H2,92,122)(H,94,123)(H,95,129)(H,96,130)(H,99,131)(H,100,132)(H,101,133)(H,102,134)(H,103,135)(H,104,136)/t51?,53?,55?,59-,60-,61-,62-,63-,64-,65-,66-,67-,68-,69-,70-/m0/s1. The zero-order valence-electron chi connectivity index (χ0n) is 78.4. The summed E-state index contributed by atoms with van der Waals surface area (Å²) < 4.78 is 0. The van der Waals surface area contributed by atoms with Gasteiger partial charge in [0.1, 0.15) is 66.5 Å². The van der Waals surface area contributed by atoms with E-state index in [1.54, 1.807) is 12.1 Å². The molecule has 2 aromatic heterocycles. The van der Waals surface area contributed by atoms with E-state index in [1.807, 2.05) is 0 Å². The Morgan fingerprint density at radius 3 is 0.972 bits per heavy atom. The van der Waals surface area contributed by atoms with Crippen LogP contribution in [0.5, 0.6) is 0 Å². The number of aliphatic hydroxyl groups is 3.